The number of nitrogens with zero attached hydrogens (tertiary/aromatic N) is 3. The Hall–Kier alpha value is -1.50. The van der Waals surface area contributed by atoms with E-state index in [0.29, 0.717) is 5.91 Å². The minimum absolute atomic E-state index is 0.128. The Bertz CT molecular complexity index is 1010. The minimum atomic E-state index is -0.128. The third-order valence-electron chi connectivity index (χ3n) is 9.00. The number of fused-ring (bicyclic) bond motifs is 1. The summed E-state index contributed by atoms with van der Waals surface area (Å²) >= 11 is 1.71. The number of aryl methyl sites for hydroxylation is 2. The molecular weight excluding hydrogens is 430 g/mol. The molecule has 5 aliphatic rings. The predicted octanol–water partition coefficient (Wildman–Crippen LogP) is 5.18. The zero-order chi connectivity index (χ0) is 22.6. The lowest BCUT2D eigenvalue weighted by molar-refractivity contribution is -0.143. The summed E-state index contributed by atoms with van der Waals surface area (Å²) in [5.74, 6) is 2.71. The van der Waals surface area contributed by atoms with Crippen LogP contribution in [0.3, 0.4) is 0 Å². The maximum Gasteiger partial charge on any atom is 0.235 e. The van der Waals surface area contributed by atoms with Gasteiger partial charge in [-0.3, -0.25) is 14.6 Å². The molecule has 0 unspecified atom stereocenters. The summed E-state index contributed by atoms with van der Waals surface area (Å²) in [5, 5.41) is 0.918. The topological polar surface area (TPSA) is 45.7 Å². The zero-order valence-corrected chi connectivity index (χ0v) is 21.0. The smallest absolute Gasteiger partial charge is 0.235 e. The first-order chi connectivity index (χ1) is 16.0. The number of thiazole rings is 1. The Balaban J connectivity index is 1.29. The summed E-state index contributed by atoms with van der Waals surface area (Å²) in [6.45, 7) is 9.76. The fourth-order valence-corrected chi connectivity index (χ4v) is 8.60. The van der Waals surface area contributed by atoms with Crippen molar-refractivity contribution >= 4 is 32.6 Å². The van der Waals surface area contributed by atoms with Crippen LogP contribution >= 0.6 is 11.3 Å². The Morgan fingerprint density at radius 1 is 1.12 bits per heavy atom. The first kappa shape index (κ1) is 22.0. The van der Waals surface area contributed by atoms with Gasteiger partial charge in [0.15, 0.2) is 5.13 Å². The van der Waals surface area contributed by atoms with Gasteiger partial charge >= 0.3 is 0 Å². The Morgan fingerprint density at radius 2 is 1.79 bits per heavy atom. The molecule has 0 N–H and O–H groups in total. The molecule has 0 spiro atoms. The molecule has 7 rings (SSSR count). The molecule has 1 aromatic carbocycles. The summed E-state index contributed by atoms with van der Waals surface area (Å²) in [6.07, 6.45) is 8.42. The second-order valence-corrected chi connectivity index (χ2v) is 12.3. The van der Waals surface area contributed by atoms with Gasteiger partial charge in [-0.25, -0.2) is 4.98 Å². The van der Waals surface area contributed by atoms with Crippen molar-refractivity contribution in [1.82, 2.24) is 9.88 Å². The van der Waals surface area contributed by atoms with Crippen LogP contribution in [0.1, 0.15) is 56.1 Å². The maximum atomic E-state index is 14.4. The maximum absolute atomic E-state index is 14.4. The molecule has 2 aromatic rings. The number of morpholine rings is 1. The van der Waals surface area contributed by atoms with Gasteiger partial charge in [-0.15, -0.1) is 0 Å². The van der Waals surface area contributed by atoms with Gasteiger partial charge in [0, 0.05) is 26.2 Å². The number of hydrogen-bond acceptors (Lipinski definition) is 5. The van der Waals surface area contributed by atoms with Crippen LogP contribution in [-0.2, 0) is 9.53 Å². The molecule has 5 fully saturated rings. The van der Waals surface area contributed by atoms with Gasteiger partial charge in [-0.2, -0.15) is 0 Å². The van der Waals surface area contributed by atoms with Crippen LogP contribution in [0, 0.1) is 37.0 Å². The third kappa shape index (κ3) is 4.02. The number of anilines is 1. The van der Waals surface area contributed by atoms with Gasteiger partial charge < -0.3 is 4.74 Å². The zero-order valence-electron chi connectivity index (χ0n) is 20.1. The number of carbonyl (C=O) groups is 1. The molecule has 1 aromatic heterocycles. The Labute approximate surface area is 201 Å². The van der Waals surface area contributed by atoms with Crippen LogP contribution in [0.5, 0.6) is 0 Å². The van der Waals surface area contributed by atoms with E-state index in [9.17, 15) is 4.79 Å². The molecule has 5 nitrogen and oxygen atoms in total. The number of hydrogen-bond donors (Lipinski definition) is 0. The van der Waals surface area contributed by atoms with Crippen molar-refractivity contribution < 1.29 is 9.53 Å². The van der Waals surface area contributed by atoms with Crippen LogP contribution < -0.4 is 4.90 Å². The van der Waals surface area contributed by atoms with E-state index in [1.165, 1.54) is 35.1 Å². The van der Waals surface area contributed by atoms with Crippen molar-refractivity contribution in [2.75, 3.05) is 44.3 Å². The quantitative estimate of drug-likeness (QED) is 0.587. The standard InChI is InChI=1S/C27H37N3O2S/c1-18-4-5-23-24(19(18)2)28-26(33-23)30(7-3-6-29-8-10-32-11-9-29)25(31)27-15-20-12-21(16-27)14-22(13-20)17-27/h4-5,20-22H,3,6-17H2,1-2H3. The molecule has 1 saturated heterocycles. The molecule has 6 heteroatoms. The fraction of sp³-hybridized carbons (Fsp3) is 0.704. The number of amides is 1. The lowest BCUT2D eigenvalue weighted by atomic mass is 9.49. The van der Waals surface area contributed by atoms with Gasteiger partial charge in [-0.1, -0.05) is 17.4 Å². The van der Waals surface area contributed by atoms with E-state index in [-0.39, 0.29) is 5.41 Å². The van der Waals surface area contributed by atoms with Crippen LogP contribution in [0.4, 0.5) is 5.13 Å². The molecule has 4 saturated carbocycles. The minimum Gasteiger partial charge on any atom is -0.379 e. The van der Waals surface area contributed by atoms with E-state index in [1.54, 1.807) is 11.3 Å². The van der Waals surface area contributed by atoms with Gasteiger partial charge in [0.25, 0.3) is 0 Å². The van der Waals surface area contributed by atoms with E-state index in [0.717, 1.165) is 93.5 Å². The SMILES string of the molecule is Cc1ccc2sc(N(CCCN3CCOCC3)C(=O)C34CC5CC(CC(C5)C3)C4)nc2c1C. The molecule has 2 heterocycles. The molecule has 4 aliphatic carbocycles. The molecule has 0 atom stereocenters. The van der Waals surface area contributed by atoms with E-state index in [2.05, 4.69) is 35.8 Å². The lowest BCUT2D eigenvalue weighted by Gasteiger charge is -2.56. The van der Waals surface area contributed by atoms with Crippen molar-refractivity contribution in [2.24, 2.45) is 23.2 Å². The number of benzene rings is 1. The Kier molecular flexibility index (Phi) is 5.74. The highest BCUT2D eigenvalue weighted by atomic mass is 32.1. The third-order valence-corrected chi connectivity index (χ3v) is 10.0. The summed E-state index contributed by atoms with van der Waals surface area (Å²) in [5.41, 5.74) is 3.46. The molecule has 178 valence electrons. The highest BCUT2D eigenvalue weighted by molar-refractivity contribution is 7.22. The van der Waals surface area contributed by atoms with Crippen molar-refractivity contribution in [2.45, 2.75) is 58.8 Å². The van der Waals surface area contributed by atoms with E-state index in [4.69, 9.17) is 9.72 Å². The van der Waals surface area contributed by atoms with Crippen molar-refractivity contribution in [3.63, 3.8) is 0 Å². The summed E-state index contributed by atoms with van der Waals surface area (Å²) in [4.78, 5) is 24.0. The molecule has 4 bridgehead atoms. The van der Waals surface area contributed by atoms with Gasteiger partial charge in [-0.05, 0) is 93.7 Å². The fourth-order valence-electron chi connectivity index (χ4n) is 7.55. The highest BCUT2D eigenvalue weighted by Gasteiger charge is 2.56. The van der Waals surface area contributed by atoms with Crippen molar-refractivity contribution in [3.8, 4) is 0 Å². The molecule has 0 radical (unpaired) electrons. The predicted molar refractivity (Wildman–Crippen MR) is 134 cm³/mol. The van der Waals surface area contributed by atoms with Crippen molar-refractivity contribution in [1.29, 1.82) is 0 Å². The second kappa shape index (κ2) is 8.62. The van der Waals surface area contributed by atoms with Gasteiger partial charge in [0.1, 0.15) is 0 Å². The molecule has 1 aliphatic heterocycles. The number of aromatic nitrogens is 1. The monoisotopic (exact) mass is 467 g/mol. The van der Waals surface area contributed by atoms with Gasteiger partial charge in [0.05, 0.1) is 28.8 Å². The second-order valence-electron chi connectivity index (χ2n) is 11.3. The van der Waals surface area contributed by atoms with E-state index < -0.39 is 0 Å². The average Bonchev–Trinajstić information content (AvgIpc) is 3.23. The first-order valence-corrected chi connectivity index (χ1v) is 13.8. The summed E-state index contributed by atoms with van der Waals surface area (Å²) in [6, 6.07) is 4.36. The summed E-state index contributed by atoms with van der Waals surface area (Å²) in [7, 11) is 0. The van der Waals surface area contributed by atoms with Crippen LogP contribution in [0.2, 0.25) is 0 Å². The summed E-state index contributed by atoms with van der Waals surface area (Å²) < 4.78 is 6.71. The lowest BCUT2D eigenvalue weighted by Crippen LogP contribution is -2.55. The molecule has 1 amide bonds. The van der Waals surface area contributed by atoms with Crippen molar-refractivity contribution in [3.05, 3.63) is 23.3 Å². The van der Waals surface area contributed by atoms with Crippen LogP contribution in [0.25, 0.3) is 10.2 Å². The molecule has 33 heavy (non-hydrogen) atoms. The largest absolute Gasteiger partial charge is 0.379 e. The Morgan fingerprint density at radius 3 is 2.45 bits per heavy atom. The highest BCUT2D eigenvalue weighted by Crippen LogP contribution is 2.60. The first-order valence-electron chi connectivity index (χ1n) is 13.0. The molecular formula is C27H37N3O2S. The number of carbonyl (C=O) groups excluding carboxylic acids is 1. The number of rotatable bonds is 6. The normalized spacial score (nSPS) is 31.4. The number of ether oxygens (including phenoxy) is 1. The van der Waals surface area contributed by atoms with Crippen LogP contribution in [-0.4, -0.2) is 55.2 Å². The van der Waals surface area contributed by atoms with E-state index >= 15 is 0 Å². The van der Waals surface area contributed by atoms with Gasteiger partial charge in [0.2, 0.25) is 5.91 Å². The van der Waals surface area contributed by atoms with E-state index in [1.807, 2.05) is 0 Å². The van der Waals surface area contributed by atoms with Crippen LogP contribution in [0.15, 0.2) is 12.1 Å². The average molecular weight is 468 g/mol.